The summed E-state index contributed by atoms with van der Waals surface area (Å²) in [7, 11) is 2.15. The molecule has 4 heterocycles. The molecule has 0 radical (unpaired) electrons. The van der Waals surface area contributed by atoms with Gasteiger partial charge in [-0.15, -0.1) is 0 Å². The molecule has 0 bridgehead atoms. The van der Waals surface area contributed by atoms with Gasteiger partial charge >= 0.3 is 12.1 Å². The van der Waals surface area contributed by atoms with Gasteiger partial charge in [0, 0.05) is 36.6 Å². The fraction of sp³-hybridized carbons (Fsp3) is 0.486. The topological polar surface area (TPSA) is 124 Å². The highest BCUT2D eigenvalue weighted by molar-refractivity contribution is 5.83. The summed E-state index contributed by atoms with van der Waals surface area (Å²) in [5.74, 6) is 1.15. The number of nitrogens with one attached hydrogen (secondary N) is 1. The number of ether oxygens (including phenoxy) is 2. The number of anilines is 1. The van der Waals surface area contributed by atoms with Crippen molar-refractivity contribution in [2.75, 3.05) is 44.7 Å². The Hall–Kier alpha value is -4.69. The second kappa shape index (κ2) is 14.2. The molecule has 2 fully saturated rings. The molecule has 2 aliphatic heterocycles. The smallest absolute Gasteiger partial charge is 0.410 e. The minimum atomic E-state index is -0.392. The van der Waals surface area contributed by atoms with Crippen molar-refractivity contribution in [1.82, 2.24) is 30.0 Å². The monoisotopic (exact) mass is 648 g/mol. The molecule has 3 aliphatic rings. The van der Waals surface area contributed by atoms with Gasteiger partial charge < -0.3 is 24.2 Å². The number of nitriles is 1. The van der Waals surface area contributed by atoms with Gasteiger partial charge in [-0.1, -0.05) is 36.4 Å². The number of carbonyl (C=O) groups is 1. The number of nitrogens with zero attached hydrogens (tertiary/aromatic N) is 7. The molecule has 0 spiro atoms. The number of amides is 1. The van der Waals surface area contributed by atoms with E-state index in [1.54, 1.807) is 4.90 Å². The highest BCUT2D eigenvalue weighted by Crippen LogP contribution is 2.39. The van der Waals surface area contributed by atoms with E-state index in [9.17, 15) is 10.1 Å². The van der Waals surface area contributed by atoms with Gasteiger partial charge in [0.2, 0.25) is 0 Å². The molecule has 1 amide bonds. The van der Waals surface area contributed by atoms with Crippen LogP contribution in [-0.4, -0.2) is 88.0 Å². The minimum Gasteiger partial charge on any atom is -0.462 e. The predicted octanol–water partition coefficient (Wildman–Crippen LogP) is 5.54. The summed E-state index contributed by atoms with van der Waals surface area (Å²) in [5, 5.41) is 18.4. The van der Waals surface area contributed by atoms with Gasteiger partial charge in [0.1, 0.15) is 19.0 Å². The van der Waals surface area contributed by atoms with Crippen LogP contribution in [0.3, 0.4) is 0 Å². The number of likely N-dealkylation sites (N-methyl/N-ethyl adjacent to an activating group) is 1. The van der Waals surface area contributed by atoms with Crippen molar-refractivity contribution in [1.29, 1.82) is 5.26 Å². The summed E-state index contributed by atoms with van der Waals surface area (Å²) in [6, 6.07) is 16.7. The number of aromatic nitrogens is 4. The third-order valence-electron chi connectivity index (χ3n) is 10.4. The lowest BCUT2D eigenvalue weighted by atomic mass is 9.86. The zero-order chi connectivity index (χ0) is 33.0. The fourth-order valence-electron chi connectivity index (χ4n) is 7.77. The third kappa shape index (κ3) is 6.67. The number of aromatic amines is 1. The highest BCUT2D eigenvalue weighted by atomic mass is 16.6. The van der Waals surface area contributed by atoms with E-state index >= 15 is 0 Å². The number of hydrogen-bond acceptors (Lipinski definition) is 9. The first-order chi connectivity index (χ1) is 23.5. The number of likely N-dealkylation sites (tertiary alicyclic amines) is 1. The number of H-pyrrole nitrogens is 1. The molecule has 1 aliphatic carbocycles. The number of carbonyl (C=O) groups excluding carboxylic acids is 1. The lowest BCUT2D eigenvalue weighted by molar-refractivity contribution is 0.0767. The van der Waals surface area contributed by atoms with E-state index in [1.165, 1.54) is 22.9 Å². The summed E-state index contributed by atoms with van der Waals surface area (Å²) in [4.78, 5) is 29.7. The zero-order valence-electron chi connectivity index (χ0n) is 27.9. The number of rotatable bonds is 8. The quantitative estimate of drug-likeness (QED) is 0.245. The van der Waals surface area contributed by atoms with E-state index in [1.807, 2.05) is 36.5 Å². The maximum absolute atomic E-state index is 13.3. The summed E-state index contributed by atoms with van der Waals surface area (Å²) >= 11 is 0. The second-order valence-electron chi connectivity index (χ2n) is 13.5. The van der Waals surface area contributed by atoms with E-state index in [0.29, 0.717) is 38.3 Å². The maximum Gasteiger partial charge on any atom is 0.410 e. The van der Waals surface area contributed by atoms with Crippen molar-refractivity contribution >= 4 is 22.8 Å². The summed E-state index contributed by atoms with van der Waals surface area (Å²) in [6.07, 6.45) is 7.70. The van der Waals surface area contributed by atoms with Gasteiger partial charge in [0.15, 0.2) is 0 Å². The molecule has 2 aromatic carbocycles. The Morgan fingerprint density at radius 1 is 1.06 bits per heavy atom. The SMILES string of the molecule is Cc1ccc2[nH]ncc2c1C1CCCc2c(nc(OC[C@@H]3CCCN3C)nc2N2CCN(C(=O)OCc3ccccc3)[C@@H](CC#N)C2)C1. The molecule has 11 heteroatoms. The van der Waals surface area contributed by atoms with Crippen LogP contribution in [-0.2, 0) is 24.2 Å². The number of aryl methyl sites for hydroxylation is 1. The Labute approximate surface area is 281 Å². The highest BCUT2D eigenvalue weighted by Gasteiger charge is 2.35. The molecular weight excluding hydrogens is 604 g/mol. The second-order valence-corrected chi connectivity index (χ2v) is 13.5. The van der Waals surface area contributed by atoms with E-state index in [2.05, 4.69) is 52.2 Å². The minimum absolute atomic E-state index is 0.197. The fourth-order valence-corrected chi connectivity index (χ4v) is 7.77. The Bertz CT molecular complexity index is 1790. The molecule has 7 rings (SSSR count). The lowest BCUT2D eigenvalue weighted by Crippen LogP contribution is -2.55. The van der Waals surface area contributed by atoms with E-state index in [-0.39, 0.29) is 25.0 Å². The van der Waals surface area contributed by atoms with Crippen molar-refractivity contribution in [3.8, 4) is 12.1 Å². The van der Waals surface area contributed by atoms with Gasteiger partial charge in [-0.25, -0.2) is 4.79 Å². The van der Waals surface area contributed by atoms with Crippen molar-refractivity contribution < 1.29 is 14.3 Å². The average Bonchev–Trinajstić information content (AvgIpc) is 3.69. The van der Waals surface area contributed by atoms with Crippen molar-refractivity contribution in [3.05, 3.63) is 76.6 Å². The largest absolute Gasteiger partial charge is 0.462 e. The number of piperazine rings is 1. The summed E-state index contributed by atoms with van der Waals surface area (Å²) in [6.45, 7) is 5.50. The van der Waals surface area contributed by atoms with Gasteiger partial charge in [0.25, 0.3) is 0 Å². The molecule has 1 N–H and O–H groups in total. The van der Waals surface area contributed by atoms with Crippen LogP contribution in [0, 0.1) is 18.3 Å². The van der Waals surface area contributed by atoms with E-state index < -0.39 is 6.09 Å². The first-order valence-corrected chi connectivity index (χ1v) is 17.2. The van der Waals surface area contributed by atoms with E-state index in [0.717, 1.165) is 66.8 Å². The molecule has 2 aromatic heterocycles. The molecule has 250 valence electrons. The molecule has 2 saturated heterocycles. The normalized spacial score (nSPS) is 21.5. The molecule has 1 unspecified atom stereocenters. The standard InChI is InChI=1S/C37H44N8O3/c1-25-13-14-32-31(21-39-42-32)34(25)27-10-6-12-30-33(20-27)40-36(47-24-29-11-7-17-43(29)2)41-35(30)44-18-19-45(28(22-44)15-16-38)37(46)48-23-26-8-4-3-5-9-26/h3-5,8-9,13-14,21,27-29H,6-7,10-12,15,17-20,22-24H2,1-2H3,(H,39,42)/t27?,28-,29-/m0/s1. The van der Waals surface area contributed by atoms with Crippen LogP contribution in [0.25, 0.3) is 10.9 Å². The Kier molecular flexibility index (Phi) is 9.43. The van der Waals surface area contributed by atoms with Crippen molar-refractivity contribution in [2.24, 2.45) is 0 Å². The molecular formula is C37H44N8O3. The first kappa shape index (κ1) is 31.9. The molecule has 48 heavy (non-hydrogen) atoms. The Balaban J connectivity index is 1.17. The number of fused-ring (bicyclic) bond motifs is 2. The summed E-state index contributed by atoms with van der Waals surface area (Å²) < 4.78 is 12.1. The van der Waals surface area contributed by atoms with Crippen LogP contribution in [0.1, 0.15) is 66.0 Å². The van der Waals surface area contributed by atoms with E-state index in [4.69, 9.17) is 19.4 Å². The number of hydrogen-bond donors (Lipinski definition) is 1. The van der Waals surface area contributed by atoms with Crippen LogP contribution in [0.15, 0.2) is 48.7 Å². The maximum atomic E-state index is 13.3. The van der Waals surface area contributed by atoms with Gasteiger partial charge in [-0.3, -0.25) is 5.10 Å². The lowest BCUT2D eigenvalue weighted by Gasteiger charge is -2.41. The van der Waals surface area contributed by atoms with Gasteiger partial charge in [-0.05, 0) is 87.7 Å². The third-order valence-corrected chi connectivity index (χ3v) is 10.4. The first-order valence-electron chi connectivity index (χ1n) is 17.2. The summed E-state index contributed by atoms with van der Waals surface area (Å²) in [5.41, 5.74) is 6.76. The van der Waals surface area contributed by atoms with Crippen molar-refractivity contribution in [2.45, 2.75) is 76.5 Å². The average molecular weight is 649 g/mol. The van der Waals surface area contributed by atoms with Crippen LogP contribution < -0.4 is 9.64 Å². The Morgan fingerprint density at radius 3 is 2.75 bits per heavy atom. The molecule has 0 saturated carbocycles. The predicted molar refractivity (Wildman–Crippen MR) is 183 cm³/mol. The Morgan fingerprint density at radius 2 is 1.94 bits per heavy atom. The molecule has 3 atom stereocenters. The van der Waals surface area contributed by atoms with Crippen LogP contribution in [0.4, 0.5) is 10.6 Å². The molecule has 4 aromatic rings. The van der Waals surface area contributed by atoms with Crippen LogP contribution in [0.5, 0.6) is 6.01 Å². The molecule has 11 nitrogen and oxygen atoms in total. The number of benzene rings is 2. The zero-order valence-corrected chi connectivity index (χ0v) is 27.9. The van der Waals surface area contributed by atoms with Gasteiger partial charge in [0.05, 0.1) is 35.9 Å². The van der Waals surface area contributed by atoms with Gasteiger partial charge in [-0.2, -0.15) is 20.3 Å². The van der Waals surface area contributed by atoms with Crippen LogP contribution >= 0.6 is 0 Å². The van der Waals surface area contributed by atoms with Crippen molar-refractivity contribution in [3.63, 3.8) is 0 Å². The van der Waals surface area contributed by atoms with Crippen LogP contribution in [0.2, 0.25) is 0 Å².